The second kappa shape index (κ2) is 8.84. The largest absolute Gasteiger partial charge is 0.466 e. The number of likely N-dealkylation sites (tertiary alicyclic amines) is 1. The van der Waals surface area contributed by atoms with Crippen LogP contribution in [0.2, 0.25) is 0 Å². The molecule has 1 unspecified atom stereocenters. The number of halogens is 1. The van der Waals surface area contributed by atoms with Gasteiger partial charge in [0.2, 0.25) is 0 Å². The number of fused-ring (bicyclic) bond motifs is 1. The van der Waals surface area contributed by atoms with Gasteiger partial charge < -0.3 is 9.64 Å². The Labute approximate surface area is 180 Å². The number of esters is 1. The molecule has 6 heteroatoms. The van der Waals surface area contributed by atoms with Crippen molar-refractivity contribution in [2.45, 2.75) is 26.2 Å². The number of benzene rings is 2. The molecule has 0 saturated carbocycles. The first-order valence-electron chi connectivity index (χ1n) is 10.6. The van der Waals surface area contributed by atoms with Crippen LogP contribution in [-0.4, -0.2) is 41.5 Å². The topological polar surface area (TPSA) is 59.5 Å². The smallest absolute Gasteiger partial charge is 0.314 e. The average molecular weight is 420 g/mol. The summed E-state index contributed by atoms with van der Waals surface area (Å²) in [5.74, 6) is -0.967. The van der Waals surface area contributed by atoms with Crippen molar-refractivity contribution < 1.29 is 18.7 Å². The summed E-state index contributed by atoms with van der Waals surface area (Å²) in [6, 6.07) is 15.9. The first-order valence-corrected chi connectivity index (χ1v) is 10.6. The summed E-state index contributed by atoms with van der Waals surface area (Å²) in [6.07, 6.45) is 2.97. The predicted octanol–water partition coefficient (Wildman–Crippen LogP) is 4.40. The molecular weight excluding hydrogens is 395 g/mol. The van der Waals surface area contributed by atoms with E-state index in [1.165, 1.54) is 6.07 Å². The van der Waals surface area contributed by atoms with Gasteiger partial charge in [0.1, 0.15) is 11.5 Å². The van der Waals surface area contributed by atoms with E-state index in [9.17, 15) is 14.0 Å². The van der Waals surface area contributed by atoms with Gasteiger partial charge in [-0.15, -0.1) is 0 Å². The molecule has 2 heterocycles. The maximum atomic E-state index is 14.4. The van der Waals surface area contributed by atoms with Crippen LogP contribution in [0.1, 0.15) is 35.8 Å². The molecule has 5 nitrogen and oxygen atoms in total. The van der Waals surface area contributed by atoms with Gasteiger partial charge in [-0.05, 0) is 49.3 Å². The Morgan fingerprint density at radius 3 is 2.71 bits per heavy atom. The van der Waals surface area contributed by atoms with E-state index in [0.717, 1.165) is 10.8 Å². The van der Waals surface area contributed by atoms with Crippen LogP contribution in [0.3, 0.4) is 0 Å². The highest BCUT2D eigenvalue weighted by atomic mass is 19.1. The third-order valence-corrected chi connectivity index (χ3v) is 5.94. The number of piperidine rings is 1. The van der Waals surface area contributed by atoms with Gasteiger partial charge in [-0.2, -0.15) is 0 Å². The SMILES string of the molecule is CCOC(=O)C1(Cc2ccccc2F)CCCN(C(=O)c2nccc3ccccc23)C1. The van der Waals surface area contributed by atoms with Crippen molar-refractivity contribution in [3.63, 3.8) is 0 Å². The minimum absolute atomic E-state index is 0.171. The third kappa shape index (κ3) is 4.15. The number of amides is 1. The Hall–Kier alpha value is -3.28. The summed E-state index contributed by atoms with van der Waals surface area (Å²) in [4.78, 5) is 32.5. The molecule has 1 aromatic heterocycles. The van der Waals surface area contributed by atoms with Gasteiger partial charge in [-0.25, -0.2) is 4.39 Å². The van der Waals surface area contributed by atoms with E-state index in [4.69, 9.17) is 4.74 Å². The third-order valence-electron chi connectivity index (χ3n) is 5.94. The van der Waals surface area contributed by atoms with Crippen LogP contribution in [0.25, 0.3) is 10.8 Å². The van der Waals surface area contributed by atoms with Gasteiger partial charge >= 0.3 is 5.97 Å². The average Bonchev–Trinajstić information content (AvgIpc) is 2.80. The Balaban J connectivity index is 1.68. The summed E-state index contributed by atoms with van der Waals surface area (Å²) in [5, 5.41) is 1.71. The quantitative estimate of drug-likeness (QED) is 0.574. The van der Waals surface area contributed by atoms with E-state index in [1.54, 1.807) is 36.2 Å². The first-order chi connectivity index (χ1) is 15.0. The van der Waals surface area contributed by atoms with Gasteiger partial charge in [0, 0.05) is 24.7 Å². The molecule has 1 atom stereocenters. The number of rotatable bonds is 5. The maximum absolute atomic E-state index is 14.4. The molecule has 1 aliphatic rings. The van der Waals surface area contributed by atoms with Crippen LogP contribution in [-0.2, 0) is 16.0 Å². The van der Waals surface area contributed by atoms with Crippen LogP contribution in [0.5, 0.6) is 0 Å². The Morgan fingerprint density at radius 2 is 1.90 bits per heavy atom. The fourth-order valence-corrected chi connectivity index (χ4v) is 4.42. The molecule has 0 radical (unpaired) electrons. The minimum Gasteiger partial charge on any atom is -0.466 e. The zero-order valence-corrected chi connectivity index (χ0v) is 17.5. The summed E-state index contributed by atoms with van der Waals surface area (Å²) in [5.41, 5.74) is -0.173. The second-order valence-corrected chi connectivity index (χ2v) is 7.98. The second-order valence-electron chi connectivity index (χ2n) is 7.98. The highest BCUT2D eigenvalue weighted by Gasteiger charge is 2.45. The first kappa shape index (κ1) is 21.0. The van der Waals surface area contributed by atoms with Crippen LogP contribution in [0, 0.1) is 11.2 Å². The van der Waals surface area contributed by atoms with Gasteiger partial charge in [0.05, 0.1) is 12.0 Å². The van der Waals surface area contributed by atoms with E-state index in [1.807, 2.05) is 30.3 Å². The lowest BCUT2D eigenvalue weighted by Crippen LogP contribution is -2.52. The lowest BCUT2D eigenvalue weighted by molar-refractivity contribution is -0.158. The van der Waals surface area contributed by atoms with Crippen molar-refractivity contribution in [2.75, 3.05) is 19.7 Å². The van der Waals surface area contributed by atoms with Crippen molar-refractivity contribution in [3.8, 4) is 0 Å². The Bertz CT molecular complexity index is 1110. The number of pyridine rings is 1. The highest BCUT2D eigenvalue weighted by molar-refractivity contribution is 6.05. The van der Waals surface area contributed by atoms with Crippen molar-refractivity contribution in [1.82, 2.24) is 9.88 Å². The molecule has 4 rings (SSSR count). The van der Waals surface area contributed by atoms with Gasteiger partial charge in [-0.3, -0.25) is 14.6 Å². The fraction of sp³-hybridized carbons (Fsp3) is 0.320. The summed E-state index contributed by atoms with van der Waals surface area (Å²) in [6.45, 7) is 2.67. The number of hydrogen-bond donors (Lipinski definition) is 0. The molecule has 1 saturated heterocycles. The minimum atomic E-state index is -0.989. The molecule has 1 fully saturated rings. The van der Waals surface area contributed by atoms with Crippen LogP contribution in [0.4, 0.5) is 4.39 Å². The normalized spacial score (nSPS) is 18.7. The lowest BCUT2D eigenvalue weighted by atomic mass is 9.74. The zero-order valence-electron chi connectivity index (χ0n) is 17.5. The molecule has 3 aromatic rings. The molecular formula is C25H25FN2O3. The summed E-state index contributed by atoms with van der Waals surface area (Å²) >= 11 is 0. The lowest BCUT2D eigenvalue weighted by Gasteiger charge is -2.41. The summed E-state index contributed by atoms with van der Waals surface area (Å²) in [7, 11) is 0. The van der Waals surface area contributed by atoms with Crippen molar-refractivity contribution >= 4 is 22.6 Å². The molecule has 1 aliphatic heterocycles. The molecule has 31 heavy (non-hydrogen) atoms. The Kier molecular flexibility index (Phi) is 5.98. The number of hydrogen-bond acceptors (Lipinski definition) is 4. The van der Waals surface area contributed by atoms with Gasteiger partial charge in [-0.1, -0.05) is 42.5 Å². The molecule has 160 valence electrons. The molecule has 1 amide bonds. The van der Waals surface area contributed by atoms with Crippen LogP contribution >= 0.6 is 0 Å². The standard InChI is InChI=1S/C25H25FN2O3/c1-2-31-24(30)25(16-19-9-4-6-11-21(19)26)13-7-15-28(17-25)23(29)22-20-10-5-3-8-18(20)12-14-27-22/h3-6,8-12,14H,2,7,13,15-17H2,1H3. The highest BCUT2D eigenvalue weighted by Crippen LogP contribution is 2.36. The van der Waals surface area contributed by atoms with Gasteiger partial charge in [0.15, 0.2) is 0 Å². The molecule has 0 N–H and O–H groups in total. The maximum Gasteiger partial charge on any atom is 0.314 e. The molecule has 2 aromatic carbocycles. The van der Waals surface area contributed by atoms with E-state index in [2.05, 4.69) is 4.98 Å². The van der Waals surface area contributed by atoms with E-state index in [-0.39, 0.29) is 37.3 Å². The Morgan fingerprint density at radius 1 is 1.13 bits per heavy atom. The van der Waals surface area contributed by atoms with E-state index in [0.29, 0.717) is 30.6 Å². The monoisotopic (exact) mass is 420 g/mol. The van der Waals surface area contributed by atoms with E-state index < -0.39 is 5.41 Å². The van der Waals surface area contributed by atoms with E-state index >= 15 is 0 Å². The molecule has 0 bridgehead atoms. The van der Waals surface area contributed by atoms with Crippen LogP contribution in [0.15, 0.2) is 60.8 Å². The van der Waals surface area contributed by atoms with Crippen molar-refractivity contribution in [3.05, 3.63) is 77.9 Å². The number of carbonyl (C=O) groups is 2. The van der Waals surface area contributed by atoms with Crippen molar-refractivity contribution in [1.29, 1.82) is 0 Å². The number of nitrogens with zero attached hydrogens (tertiary/aromatic N) is 2. The predicted molar refractivity (Wildman–Crippen MR) is 116 cm³/mol. The number of ether oxygens (including phenoxy) is 1. The number of aromatic nitrogens is 1. The fourth-order valence-electron chi connectivity index (χ4n) is 4.42. The molecule has 0 spiro atoms. The number of carbonyl (C=O) groups excluding carboxylic acids is 2. The van der Waals surface area contributed by atoms with Gasteiger partial charge in [0.25, 0.3) is 5.91 Å². The van der Waals surface area contributed by atoms with Crippen LogP contribution < -0.4 is 0 Å². The summed E-state index contributed by atoms with van der Waals surface area (Å²) < 4.78 is 19.8. The molecule has 0 aliphatic carbocycles. The zero-order chi connectivity index (χ0) is 21.8. The van der Waals surface area contributed by atoms with Crippen molar-refractivity contribution in [2.24, 2.45) is 5.41 Å².